The van der Waals surface area contributed by atoms with Crippen molar-refractivity contribution in [1.82, 2.24) is 4.72 Å². The zero-order valence-corrected chi connectivity index (χ0v) is 12.4. The van der Waals surface area contributed by atoms with Crippen LogP contribution < -0.4 is 15.4 Å². The third-order valence-corrected chi connectivity index (χ3v) is 5.04. The largest absolute Gasteiger partial charge is 0.408 e. The maximum absolute atomic E-state index is 13.7. The van der Waals surface area contributed by atoms with E-state index in [-0.39, 0.29) is 25.1 Å². The van der Waals surface area contributed by atoms with Crippen LogP contribution in [-0.2, 0) is 10.0 Å². The first-order valence-corrected chi connectivity index (χ1v) is 7.92. The number of nitrogens with two attached hydrogens (primary N) is 1. The lowest BCUT2D eigenvalue weighted by molar-refractivity contribution is -0.145. The van der Waals surface area contributed by atoms with Crippen molar-refractivity contribution in [3.63, 3.8) is 0 Å². The molecule has 124 valence electrons. The normalized spacial score (nSPS) is 19.7. The standard InChI is InChI=1S/C12H15F4N3O2S/c1-18-22(20,21)9-6-7(13)5-8(11(9)17)19-4-2-3-10(19)12(14,15)16/h5-6,10,18H,2-4,17H2,1H3. The predicted molar refractivity (Wildman–Crippen MR) is 73.5 cm³/mol. The van der Waals surface area contributed by atoms with Gasteiger partial charge in [-0.25, -0.2) is 17.5 Å². The highest BCUT2D eigenvalue weighted by Crippen LogP contribution is 2.40. The smallest absolute Gasteiger partial charge is 0.396 e. The van der Waals surface area contributed by atoms with Crippen LogP contribution in [0.15, 0.2) is 17.0 Å². The molecule has 0 aliphatic carbocycles. The summed E-state index contributed by atoms with van der Waals surface area (Å²) in [6.07, 6.45) is -4.39. The summed E-state index contributed by atoms with van der Waals surface area (Å²) in [7, 11) is -2.97. The summed E-state index contributed by atoms with van der Waals surface area (Å²) in [5, 5.41) is 0. The lowest BCUT2D eigenvalue weighted by atomic mass is 10.2. The zero-order chi connectivity index (χ0) is 16.7. The van der Waals surface area contributed by atoms with Gasteiger partial charge in [0.05, 0.1) is 11.4 Å². The van der Waals surface area contributed by atoms with Gasteiger partial charge < -0.3 is 10.6 Å². The maximum Gasteiger partial charge on any atom is 0.408 e. The number of sulfonamides is 1. The van der Waals surface area contributed by atoms with Crippen molar-refractivity contribution in [2.24, 2.45) is 0 Å². The Balaban J connectivity index is 2.57. The third kappa shape index (κ3) is 2.98. The number of nitrogens with one attached hydrogen (secondary N) is 1. The molecule has 0 amide bonds. The lowest BCUT2D eigenvalue weighted by Crippen LogP contribution is -2.41. The highest BCUT2D eigenvalue weighted by atomic mass is 32.2. The summed E-state index contributed by atoms with van der Waals surface area (Å²) in [5.74, 6) is -0.967. The van der Waals surface area contributed by atoms with Crippen LogP contribution in [0.25, 0.3) is 0 Å². The topological polar surface area (TPSA) is 75.4 Å². The SMILES string of the molecule is CNS(=O)(=O)c1cc(F)cc(N2CCCC2C(F)(F)F)c1N. The number of anilines is 2. The molecule has 1 heterocycles. The van der Waals surface area contributed by atoms with Crippen molar-refractivity contribution in [2.45, 2.75) is 30.0 Å². The van der Waals surface area contributed by atoms with Gasteiger partial charge in [0.2, 0.25) is 10.0 Å². The van der Waals surface area contributed by atoms with Crippen molar-refractivity contribution in [2.75, 3.05) is 24.2 Å². The molecule has 1 saturated heterocycles. The molecule has 1 unspecified atom stereocenters. The molecule has 5 nitrogen and oxygen atoms in total. The Morgan fingerprint density at radius 2 is 2.00 bits per heavy atom. The van der Waals surface area contributed by atoms with Crippen LogP contribution in [-0.4, -0.2) is 34.2 Å². The zero-order valence-electron chi connectivity index (χ0n) is 11.6. The predicted octanol–water partition coefficient (Wildman–Crippen LogP) is 1.85. The van der Waals surface area contributed by atoms with Crippen molar-refractivity contribution >= 4 is 21.4 Å². The summed E-state index contributed by atoms with van der Waals surface area (Å²) in [4.78, 5) is 0.338. The molecule has 0 bridgehead atoms. The average molecular weight is 341 g/mol. The fraction of sp³-hybridized carbons (Fsp3) is 0.500. The molecule has 3 N–H and O–H groups in total. The lowest BCUT2D eigenvalue weighted by Gasteiger charge is -2.30. The Hall–Kier alpha value is -1.55. The van der Waals surface area contributed by atoms with Crippen molar-refractivity contribution in [1.29, 1.82) is 0 Å². The summed E-state index contributed by atoms with van der Waals surface area (Å²) < 4.78 is 78.4. The molecule has 1 fully saturated rings. The van der Waals surface area contributed by atoms with Crippen LogP contribution in [0.1, 0.15) is 12.8 Å². The Morgan fingerprint density at radius 1 is 1.36 bits per heavy atom. The number of hydrogen-bond acceptors (Lipinski definition) is 4. The van der Waals surface area contributed by atoms with Gasteiger partial charge in [0.15, 0.2) is 0 Å². The number of rotatable bonds is 3. The van der Waals surface area contributed by atoms with Crippen LogP contribution in [0.2, 0.25) is 0 Å². The van der Waals surface area contributed by atoms with E-state index >= 15 is 0 Å². The Kier molecular flexibility index (Phi) is 4.26. The number of benzene rings is 1. The second-order valence-corrected chi connectivity index (χ2v) is 6.79. The number of halogens is 4. The van der Waals surface area contributed by atoms with E-state index in [0.717, 1.165) is 18.0 Å². The molecule has 0 spiro atoms. The second kappa shape index (κ2) is 5.58. The highest BCUT2D eigenvalue weighted by Gasteiger charge is 2.46. The molecule has 1 atom stereocenters. The van der Waals surface area contributed by atoms with Crippen LogP contribution >= 0.6 is 0 Å². The third-order valence-electron chi connectivity index (χ3n) is 3.58. The highest BCUT2D eigenvalue weighted by molar-refractivity contribution is 7.89. The van der Waals surface area contributed by atoms with Gasteiger partial charge >= 0.3 is 6.18 Å². The van der Waals surface area contributed by atoms with Crippen LogP contribution in [0.4, 0.5) is 28.9 Å². The molecular formula is C12H15F4N3O2S. The molecule has 1 aromatic rings. The fourth-order valence-corrected chi connectivity index (χ4v) is 3.43. The van der Waals surface area contributed by atoms with Crippen LogP contribution in [0.3, 0.4) is 0 Å². The van der Waals surface area contributed by atoms with Gasteiger partial charge in [-0.3, -0.25) is 0 Å². The van der Waals surface area contributed by atoms with Gasteiger partial charge in [0.1, 0.15) is 16.8 Å². The fourth-order valence-electron chi connectivity index (χ4n) is 2.54. The van der Waals surface area contributed by atoms with Crippen molar-refractivity contribution in [3.05, 3.63) is 17.9 Å². The minimum atomic E-state index is -4.50. The first-order valence-electron chi connectivity index (χ1n) is 6.44. The summed E-state index contributed by atoms with van der Waals surface area (Å²) in [5.41, 5.74) is 5.05. The van der Waals surface area contributed by atoms with E-state index in [0.29, 0.717) is 6.07 Å². The number of alkyl halides is 3. The molecular weight excluding hydrogens is 326 g/mol. The minimum absolute atomic E-state index is 0.0247. The van der Waals surface area contributed by atoms with Gasteiger partial charge in [0, 0.05) is 6.54 Å². The van der Waals surface area contributed by atoms with E-state index in [2.05, 4.69) is 0 Å². The van der Waals surface area contributed by atoms with Gasteiger partial charge in [-0.2, -0.15) is 13.2 Å². The first kappa shape index (κ1) is 16.8. The molecule has 1 aromatic carbocycles. The van der Waals surface area contributed by atoms with Gasteiger partial charge in [0.25, 0.3) is 0 Å². The van der Waals surface area contributed by atoms with E-state index < -0.39 is 38.6 Å². The molecule has 1 aliphatic heterocycles. The Bertz CT molecular complexity index is 676. The van der Waals surface area contributed by atoms with E-state index in [1.807, 2.05) is 4.72 Å². The summed E-state index contributed by atoms with van der Waals surface area (Å²) >= 11 is 0. The Labute approximate surface area is 125 Å². The van der Waals surface area contributed by atoms with Crippen LogP contribution in [0.5, 0.6) is 0 Å². The molecule has 22 heavy (non-hydrogen) atoms. The van der Waals surface area contributed by atoms with E-state index in [9.17, 15) is 26.0 Å². The molecule has 10 heteroatoms. The van der Waals surface area contributed by atoms with Gasteiger partial charge in [-0.05, 0) is 32.0 Å². The van der Waals surface area contributed by atoms with E-state index in [4.69, 9.17) is 5.73 Å². The quantitative estimate of drug-likeness (QED) is 0.650. The molecule has 0 radical (unpaired) electrons. The molecule has 0 saturated carbocycles. The maximum atomic E-state index is 13.7. The Morgan fingerprint density at radius 3 is 2.55 bits per heavy atom. The minimum Gasteiger partial charge on any atom is -0.396 e. The number of hydrogen-bond donors (Lipinski definition) is 2. The average Bonchev–Trinajstić information content (AvgIpc) is 2.90. The first-order chi connectivity index (χ1) is 10.1. The number of nitrogens with zero attached hydrogens (tertiary/aromatic N) is 1. The molecule has 2 rings (SSSR count). The summed E-state index contributed by atoms with van der Waals surface area (Å²) in [6, 6.07) is -0.293. The van der Waals surface area contributed by atoms with Crippen molar-refractivity contribution in [3.8, 4) is 0 Å². The molecule has 0 aromatic heterocycles. The molecule has 1 aliphatic rings. The van der Waals surface area contributed by atoms with Gasteiger partial charge in [-0.1, -0.05) is 0 Å². The van der Waals surface area contributed by atoms with Crippen LogP contribution in [0, 0.1) is 5.82 Å². The van der Waals surface area contributed by atoms with E-state index in [1.54, 1.807) is 0 Å². The number of nitrogen functional groups attached to an aromatic ring is 1. The van der Waals surface area contributed by atoms with Gasteiger partial charge in [-0.15, -0.1) is 0 Å². The van der Waals surface area contributed by atoms with Crippen molar-refractivity contribution < 1.29 is 26.0 Å². The van der Waals surface area contributed by atoms with E-state index in [1.165, 1.54) is 0 Å². The summed E-state index contributed by atoms with van der Waals surface area (Å²) in [6.45, 7) is 0.0247. The monoisotopic (exact) mass is 341 g/mol. The second-order valence-electron chi connectivity index (χ2n) is 4.94.